The summed E-state index contributed by atoms with van der Waals surface area (Å²) in [5.41, 5.74) is 0.837. The Labute approximate surface area is 208 Å². The van der Waals surface area contributed by atoms with E-state index >= 15 is 0 Å². The van der Waals surface area contributed by atoms with Gasteiger partial charge in [0.2, 0.25) is 11.4 Å². The number of carbonyl (C=O) groups is 3. The number of methoxy groups -OCH3 is 2. The maximum absolute atomic E-state index is 13.1. The molecule has 4 amide bonds. The van der Waals surface area contributed by atoms with Crippen molar-refractivity contribution in [3.63, 3.8) is 0 Å². The predicted molar refractivity (Wildman–Crippen MR) is 126 cm³/mol. The van der Waals surface area contributed by atoms with Gasteiger partial charge < -0.3 is 29.2 Å². The van der Waals surface area contributed by atoms with Crippen molar-refractivity contribution < 1.29 is 33.3 Å². The molecule has 1 fully saturated rings. The largest absolute Gasteiger partial charge is 0.497 e. The van der Waals surface area contributed by atoms with E-state index in [-0.39, 0.29) is 31.7 Å². The van der Waals surface area contributed by atoms with E-state index in [4.69, 9.17) is 18.9 Å². The molecule has 2 aliphatic rings. The zero-order valence-electron chi connectivity index (χ0n) is 20.2. The molecule has 2 aromatic rings. The van der Waals surface area contributed by atoms with Crippen LogP contribution >= 0.6 is 0 Å². The van der Waals surface area contributed by atoms with E-state index in [0.717, 1.165) is 11.1 Å². The molecule has 1 aromatic carbocycles. The quantitative estimate of drug-likeness (QED) is 0.229. The second kappa shape index (κ2) is 10.6. The van der Waals surface area contributed by atoms with Gasteiger partial charge in [-0.25, -0.2) is 9.78 Å². The number of pyridine rings is 1. The van der Waals surface area contributed by atoms with E-state index in [2.05, 4.69) is 27.5 Å². The molecule has 3 heterocycles. The number of amides is 4. The lowest BCUT2D eigenvalue weighted by Crippen LogP contribution is -2.54. The first-order valence-electron chi connectivity index (χ1n) is 11.1. The van der Waals surface area contributed by atoms with Gasteiger partial charge >= 0.3 is 6.03 Å². The molecule has 188 valence electrons. The highest BCUT2D eigenvalue weighted by Crippen LogP contribution is 2.28. The van der Waals surface area contributed by atoms with Crippen molar-refractivity contribution in [2.24, 2.45) is 0 Å². The number of aromatic nitrogens is 1. The Kier molecular flexibility index (Phi) is 7.38. The fourth-order valence-corrected chi connectivity index (χ4v) is 3.85. The van der Waals surface area contributed by atoms with Crippen LogP contribution < -0.4 is 20.1 Å². The van der Waals surface area contributed by atoms with E-state index in [1.807, 2.05) is 6.92 Å². The summed E-state index contributed by atoms with van der Waals surface area (Å²) < 4.78 is 21.1. The van der Waals surface area contributed by atoms with Crippen molar-refractivity contribution in [1.82, 2.24) is 20.5 Å². The Balaban J connectivity index is 1.59. The minimum Gasteiger partial charge on any atom is -0.497 e. The van der Waals surface area contributed by atoms with Gasteiger partial charge in [-0.2, -0.15) is 0 Å². The molecule has 2 aliphatic heterocycles. The number of carbonyl (C=O) groups excluding carboxylic acids is 3. The van der Waals surface area contributed by atoms with E-state index < -0.39 is 17.5 Å². The van der Waals surface area contributed by atoms with Gasteiger partial charge in [0.05, 0.1) is 32.4 Å². The number of ether oxygens (including phenoxy) is 4. The molecule has 4 rings (SSSR count). The molecule has 11 heteroatoms. The molecule has 1 saturated heterocycles. The minimum absolute atomic E-state index is 0.0690. The van der Waals surface area contributed by atoms with E-state index in [0.29, 0.717) is 30.1 Å². The summed E-state index contributed by atoms with van der Waals surface area (Å²) in [6.45, 7) is 2.65. The van der Waals surface area contributed by atoms with Crippen LogP contribution in [0.1, 0.15) is 27.0 Å². The predicted octanol–water partition coefficient (Wildman–Crippen LogP) is 0.984. The Bertz CT molecular complexity index is 1250. The number of nitrogens with one attached hydrogen (secondary N) is 2. The Morgan fingerprint density at radius 1 is 1.17 bits per heavy atom. The number of benzene rings is 1. The standard InChI is InChI=1S/C25H26N4O7/c1-16-10-17(21(26-12-16)36-15-35-9-8-33-2)6-7-25(23(31)27-24(32)28-25)14-29-13-18-4-5-19(34-3)11-20(18)22(29)30/h4-5,10-12H,8-9,13-15H2,1-3H3,(H2,27,28,31,32)/t25-/m1/s1. The van der Waals surface area contributed by atoms with Crippen LogP contribution in [-0.2, 0) is 20.8 Å². The smallest absolute Gasteiger partial charge is 0.323 e. The number of nitrogens with zero attached hydrogens (tertiary/aromatic N) is 2. The maximum atomic E-state index is 13.1. The first-order chi connectivity index (χ1) is 17.3. The van der Waals surface area contributed by atoms with Crippen molar-refractivity contribution in [3.8, 4) is 23.5 Å². The number of hydrogen-bond acceptors (Lipinski definition) is 8. The zero-order valence-corrected chi connectivity index (χ0v) is 20.2. The van der Waals surface area contributed by atoms with Gasteiger partial charge in [-0.1, -0.05) is 17.9 Å². The van der Waals surface area contributed by atoms with Crippen LogP contribution in [0.2, 0.25) is 0 Å². The third kappa shape index (κ3) is 5.25. The maximum Gasteiger partial charge on any atom is 0.323 e. The molecule has 36 heavy (non-hydrogen) atoms. The number of rotatable bonds is 9. The number of imide groups is 1. The lowest BCUT2D eigenvalue weighted by Gasteiger charge is -2.26. The summed E-state index contributed by atoms with van der Waals surface area (Å²) in [6, 6.07) is 6.27. The molecule has 0 aliphatic carbocycles. The van der Waals surface area contributed by atoms with Crippen molar-refractivity contribution in [1.29, 1.82) is 0 Å². The summed E-state index contributed by atoms with van der Waals surface area (Å²) in [4.78, 5) is 43.8. The molecule has 2 N–H and O–H groups in total. The van der Waals surface area contributed by atoms with Crippen molar-refractivity contribution >= 4 is 17.8 Å². The summed E-state index contributed by atoms with van der Waals surface area (Å²) in [7, 11) is 3.09. The topological polar surface area (TPSA) is 128 Å². The Morgan fingerprint density at radius 2 is 2.00 bits per heavy atom. The van der Waals surface area contributed by atoms with Gasteiger partial charge in [-0.05, 0) is 36.2 Å². The van der Waals surface area contributed by atoms with Crippen molar-refractivity contribution in [2.45, 2.75) is 19.0 Å². The number of hydrogen-bond donors (Lipinski definition) is 2. The van der Waals surface area contributed by atoms with Crippen molar-refractivity contribution in [2.75, 3.05) is 40.8 Å². The highest BCUT2D eigenvalue weighted by Gasteiger charge is 2.48. The molecule has 0 radical (unpaired) electrons. The average molecular weight is 495 g/mol. The van der Waals surface area contributed by atoms with Crippen LogP contribution in [0.3, 0.4) is 0 Å². The molecular formula is C25H26N4O7. The van der Waals surface area contributed by atoms with Gasteiger partial charge in [-0.3, -0.25) is 14.9 Å². The van der Waals surface area contributed by atoms with Crippen molar-refractivity contribution in [3.05, 3.63) is 52.7 Å². The summed E-state index contributed by atoms with van der Waals surface area (Å²) in [5, 5.41) is 4.82. The summed E-state index contributed by atoms with van der Waals surface area (Å²) in [6.07, 6.45) is 1.61. The van der Waals surface area contributed by atoms with E-state index in [9.17, 15) is 14.4 Å². The highest BCUT2D eigenvalue weighted by molar-refractivity contribution is 6.10. The average Bonchev–Trinajstić information content (AvgIpc) is 3.32. The fraction of sp³-hybridized carbons (Fsp3) is 0.360. The van der Waals surface area contributed by atoms with E-state index in [1.54, 1.807) is 37.6 Å². The first-order valence-corrected chi connectivity index (χ1v) is 11.1. The van der Waals surface area contributed by atoms with E-state index in [1.165, 1.54) is 12.0 Å². The van der Waals surface area contributed by atoms with Gasteiger partial charge in [0.1, 0.15) is 5.75 Å². The van der Waals surface area contributed by atoms with Crippen LogP contribution in [0, 0.1) is 18.8 Å². The van der Waals surface area contributed by atoms with Crippen LogP contribution in [0.4, 0.5) is 4.79 Å². The molecular weight excluding hydrogens is 468 g/mol. The third-order valence-corrected chi connectivity index (χ3v) is 5.67. The normalized spacial score (nSPS) is 18.3. The lowest BCUT2D eigenvalue weighted by molar-refractivity contribution is -0.122. The SMILES string of the molecule is COCCOCOc1ncc(C)cc1C#C[C@]1(CN2Cc3ccc(OC)cc3C2=O)NC(=O)NC1=O. The Hall–Kier alpha value is -4.14. The second-order valence-electron chi connectivity index (χ2n) is 8.28. The molecule has 0 unspecified atom stereocenters. The van der Waals surface area contributed by atoms with Gasteiger partial charge in [0.15, 0.2) is 6.79 Å². The van der Waals surface area contributed by atoms with Gasteiger partial charge in [-0.15, -0.1) is 0 Å². The summed E-state index contributed by atoms with van der Waals surface area (Å²) in [5.74, 6) is 5.62. The fourth-order valence-electron chi connectivity index (χ4n) is 3.85. The molecule has 11 nitrogen and oxygen atoms in total. The monoisotopic (exact) mass is 494 g/mol. The Morgan fingerprint density at radius 3 is 2.72 bits per heavy atom. The molecule has 1 atom stereocenters. The summed E-state index contributed by atoms with van der Waals surface area (Å²) >= 11 is 0. The van der Waals surface area contributed by atoms with Crippen LogP contribution in [-0.4, -0.2) is 74.0 Å². The molecule has 0 spiro atoms. The van der Waals surface area contributed by atoms with Gasteiger partial charge in [0.25, 0.3) is 11.8 Å². The molecule has 0 bridgehead atoms. The van der Waals surface area contributed by atoms with Gasteiger partial charge in [0, 0.05) is 25.4 Å². The number of fused-ring (bicyclic) bond motifs is 1. The zero-order chi connectivity index (χ0) is 25.7. The van der Waals surface area contributed by atoms with Crippen LogP contribution in [0.5, 0.6) is 11.6 Å². The first kappa shape index (κ1) is 25.0. The van der Waals surface area contributed by atoms with Crippen LogP contribution in [0.25, 0.3) is 0 Å². The molecule has 1 aromatic heterocycles. The lowest BCUT2D eigenvalue weighted by atomic mass is 9.99. The minimum atomic E-state index is -1.66. The second-order valence-corrected chi connectivity index (χ2v) is 8.28. The number of aryl methyl sites for hydroxylation is 1. The van der Waals surface area contributed by atoms with Crippen LogP contribution in [0.15, 0.2) is 30.5 Å². The molecule has 0 saturated carbocycles. The highest BCUT2D eigenvalue weighted by atomic mass is 16.7. The number of urea groups is 1. The third-order valence-electron chi connectivity index (χ3n) is 5.67.